The number of hydrogen-bond donors (Lipinski definition) is 13. The molecule has 4 atom stereocenters. The molecule has 38 heteroatoms. The van der Waals surface area contributed by atoms with Crippen molar-refractivity contribution in [1.29, 1.82) is 0 Å². The molecular weight excluding hydrogens is 2000 g/mol. The molecule has 830 valence electrons. The second-order valence-corrected chi connectivity index (χ2v) is 45.6. The van der Waals surface area contributed by atoms with Gasteiger partial charge in [-0.15, -0.1) is 12.8 Å². The average Bonchev–Trinajstić information content (AvgIpc) is 0.914. The van der Waals surface area contributed by atoms with Gasteiger partial charge in [0.25, 0.3) is 0 Å². The second-order valence-electron chi connectivity index (χ2n) is 31.5. The summed E-state index contributed by atoms with van der Waals surface area (Å²) in [6.07, 6.45) is 16.9. The highest BCUT2D eigenvalue weighted by atomic mass is 32.2. The lowest BCUT2D eigenvalue weighted by Gasteiger charge is -2.08. The first-order valence-electron chi connectivity index (χ1n) is 50.7. The second kappa shape index (κ2) is 89.9. The van der Waals surface area contributed by atoms with Gasteiger partial charge in [0.1, 0.15) is 51.7 Å². The first-order valence-corrected chi connectivity index (χ1v) is 56.7. The van der Waals surface area contributed by atoms with E-state index in [2.05, 4.69) is 90.5 Å². The van der Waals surface area contributed by atoms with Crippen LogP contribution in [0.1, 0.15) is 192 Å². The number of phenols is 4. The Morgan fingerprint density at radius 2 is 0.524 bits per heavy atom. The van der Waals surface area contributed by atoms with E-state index >= 15 is 0 Å². The van der Waals surface area contributed by atoms with Crippen LogP contribution in [-0.4, -0.2) is 211 Å². The van der Waals surface area contributed by atoms with Crippen molar-refractivity contribution in [2.75, 3.05) is 130 Å². The number of ether oxygens (including phenoxy) is 5. The number of sulfonamides is 4. The van der Waals surface area contributed by atoms with Crippen LogP contribution in [0.5, 0.6) is 51.7 Å². The standard InChI is InChI=1S/C13H21NO2S.2C12H19NO2S.C11H17NO3S.C11H17NO2S.2C10H15NO3S.C9H13NO3S.C9H13NO.C2H2.8CH4/c1-11(2)10-17(15)14-8-7-12-5-4-6-13(9-12)16-3;1-10(2)16(14)13-8-7-11-5-4-6-12(9-11)15-3;1-10(2)9-16(15)13-7-6-11-4-3-5-12(14)8-11;1-3-16(13,14)12-8-7-10-5-4-6-11(9-10)15-2;1-9(2)15(14)12-7-6-10-4-3-5-11(13)8-10;1-14-10-5-3-4-9(8-10)6-7-11-15(2,12)13;1-2-15(13,14)11-7-6-9-4-3-5-10(12)8-9;1-14(12,13)10-6-5-8-3-2-4-9(11)7-8;1-11-9-4-2-3-8(7-9)5-6-10;1-2;;;;;;;;/h4-6,9,11,14H,7-8,10H2,1-3H3;4-6,9-10,13H,7-8H2,1-3H3;3-5,8,10,13-14H,6-7,9H2,1-2H3;4-6,9,12H,3,7-8H2,1-2H3;3-5,8-9,12-13H,6-7H2,1-2H3;3-5,8,11H,6-7H2,1-2H3;3-5,8,11-12H,2,6-7H2,1H3;2-4,7,10-11H,5-6H2,1H3;2-4,7H,5-6,10H2,1H3;1-2H;8*1H4/i;;;;;;;;;;1D4;1D3;1D2;1D;;;;. The summed E-state index contributed by atoms with van der Waals surface area (Å²) in [7, 11) is -10.9. The van der Waals surface area contributed by atoms with E-state index in [1.54, 1.807) is 110 Å². The molecule has 0 radical (unpaired) electrons. The van der Waals surface area contributed by atoms with Crippen LogP contribution in [-0.2, 0) is 142 Å². The van der Waals surface area contributed by atoms with E-state index in [0.717, 1.165) is 120 Å². The zero-order valence-corrected chi connectivity index (χ0v) is 91.7. The number of nitrogens with two attached hydrogens (primary N) is 1. The molecule has 14 N–H and O–H groups in total. The Morgan fingerprint density at radius 1 is 0.338 bits per heavy atom. The fourth-order valence-corrected chi connectivity index (χ4v) is 16.6. The number of methoxy groups -OCH3 is 5. The highest BCUT2D eigenvalue weighted by molar-refractivity contribution is 7.90. The van der Waals surface area contributed by atoms with E-state index in [1.807, 2.05) is 173 Å². The molecule has 0 aliphatic carbocycles. The van der Waals surface area contributed by atoms with Crippen molar-refractivity contribution in [3.8, 4) is 64.6 Å². The molecule has 9 aromatic carbocycles. The van der Waals surface area contributed by atoms with Gasteiger partial charge in [-0.05, 0) is 277 Å². The number of phenolic OH excluding ortho intramolecular Hbond substituents is 4. The molecule has 145 heavy (non-hydrogen) atoms. The van der Waals surface area contributed by atoms with E-state index in [0.29, 0.717) is 94.8 Å². The molecule has 0 aromatic heterocycles. The molecule has 0 fully saturated rings. The minimum absolute atomic E-state index is 0. The molecule has 0 bridgehead atoms. The molecule has 0 spiro atoms. The van der Waals surface area contributed by atoms with Gasteiger partial charge in [-0.3, -0.25) is 0 Å². The maximum Gasteiger partial charge on any atom is 0.211 e. The third kappa shape index (κ3) is 84.4. The highest BCUT2D eigenvalue weighted by Gasteiger charge is 2.12. The average molecular weight is 2200 g/mol. The van der Waals surface area contributed by atoms with Crippen molar-refractivity contribution in [3.05, 3.63) is 268 Å². The Balaban J connectivity index is -0.000000217. The first kappa shape index (κ1) is 132. The lowest BCUT2D eigenvalue weighted by molar-refractivity contribution is 0.414. The highest BCUT2D eigenvalue weighted by Crippen LogP contribution is 2.20. The van der Waals surface area contributed by atoms with Crippen LogP contribution in [0.15, 0.2) is 218 Å². The smallest absolute Gasteiger partial charge is 0.211 e. The largest absolute Gasteiger partial charge is 0.508 e. The van der Waals surface area contributed by atoms with E-state index in [4.69, 9.17) is 48.2 Å². The molecule has 0 aliphatic heterocycles. The number of hydrogen-bond acceptors (Lipinski definition) is 22. The summed E-state index contributed by atoms with van der Waals surface area (Å²) in [5, 5.41) is 37.1. The van der Waals surface area contributed by atoms with Crippen molar-refractivity contribution in [2.24, 2.45) is 17.6 Å². The van der Waals surface area contributed by atoms with Gasteiger partial charge in [0.05, 0.1) is 104 Å². The predicted molar refractivity (Wildman–Crippen MR) is 618 cm³/mol. The summed E-state index contributed by atoms with van der Waals surface area (Å²) in [5.74, 6) is 7.64. The topological polar surface area (TPSA) is 454 Å². The summed E-state index contributed by atoms with van der Waals surface area (Å²) in [5.41, 5.74) is 15.0. The number of aromatic hydroxyl groups is 4. The molecular formula is C107H183N9O21S8. The third-order valence-electron chi connectivity index (χ3n) is 18.0. The van der Waals surface area contributed by atoms with Crippen LogP contribution < -0.4 is 67.2 Å². The molecule has 0 amide bonds. The Kier molecular flexibility index (Phi) is 81.8. The molecule has 0 saturated carbocycles. The molecule has 9 aromatic rings. The van der Waals surface area contributed by atoms with Gasteiger partial charge in [-0.2, -0.15) is 0 Å². The van der Waals surface area contributed by atoms with Gasteiger partial charge >= 0.3 is 0 Å². The normalized spacial score (nSPS) is 12.0. The molecule has 0 aliphatic rings. The van der Waals surface area contributed by atoms with Crippen LogP contribution in [0.4, 0.5) is 0 Å². The molecule has 4 unspecified atom stereocenters. The molecule has 0 saturated heterocycles. The van der Waals surface area contributed by atoms with Gasteiger partial charge in [0.15, 0.2) is 0 Å². The molecule has 30 nitrogen and oxygen atoms in total. The summed E-state index contributed by atoms with van der Waals surface area (Å²) in [6.45, 7) is 24.2. The first-order chi connectivity index (χ1) is 71.0. The number of benzene rings is 9. The van der Waals surface area contributed by atoms with Gasteiger partial charge in [0.2, 0.25) is 40.1 Å². The monoisotopic (exact) mass is 2200 g/mol. The SMILES string of the molecule is C.C.C.C.C#C.CC(C)CS(=O)NCCc1cccc(O)c1.CC(C)S(=O)NCCc1cccc(O)c1.CCS(=O)(=O)NCCc1cccc(O)c1.CCS(=O)(=O)NCCc1cccc(OC)c1.COc1cccc(CCN)c1.COc1cccc(CCNS(=O)C(C)C)c1.COc1cccc(CCNS(=O)CC(C)C)c1.COc1cccc(CCNS(C)(=O)=O)c1.CS(=O)(=O)NCCc1cccc(O)c1.[2H]C.[2H]C([2H])([2H])[2H].[2H]C([2H])[2H].[2H]C[2H]. The van der Waals surface area contributed by atoms with Crippen molar-refractivity contribution in [3.63, 3.8) is 0 Å². The minimum atomic E-state index is -3.12. The fraction of sp³-hybridized carbons (Fsp3) is 0.477. The van der Waals surface area contributed by atoms with Crippen molar-refractivity contribution < 1.29 is 108 Å². The predicted octanol–water partition coefficient (Wildman–Crippen LogP) is 17.3. The van der Waals surface area contributed by atoms with Crippen LogP contribution in [0.25, 0.3) is 0 Å². The number of rotatable bonds is 47. The zero-order chi connectivity index (χ0) is 116. The van der Waals surface area contributed by atoms with Gasteiger partial charge in [0, 0.05) is 88.1 Å². The van der Waals surface area contributed by atoms with E-state index < -0.39 is 98.7 Å². The summed E-state index contributed by atoms with van der Waals surface area (Å²) >= 11 is 0. The molecule has 9 rings (SSSR count). The van der Waals surface area contributed by atoms with Crippen LogP contribution >= 0.6 is 0 Å². The van der Waals surface area contributed by atoms with Crippen molar-refractivity contribution in [2.45, 2.75) is 197 Å². The summed E-state index contributed by atoms with van der Waals surface area (Å²) < 4.78 is 240. The lowest BCUT2D eigenvalue weighted by atomic mass is 10.1. The summed E-state index contributed by atoms with van der Waals surface area (Å²) in [6, 6.07) is 66.8. The van der Waals surface area contributed by atoms with Crippen molar-refractivity contribution in [1.82, 2.24) is 37.8 Å². The Morgan fingerprint density at radius 3 is 0.703 bits per heavy atom. The number of terminal acetylenes is 1. The minimum Gasteiger partial charge on any atom is -0.508 e. The maximum atomic E-state index is 11.5. The lowest BCUT2D eigenvalue weighted by Crippen LogP contribution is -2.27. The molecule has 0 heterocycles. The van der Waals surface area contributed by atoms with Gasteiger partial charge < -0.3 is 49.8 Å². The van der Waals surface area contributed by atoms with E-state index in [1.165, 1.54) is 24.1 Å². The number of nitrogens with one attached hydrogen (secondary N) is 8. The van der Waals surface area contributed by atoms with Gasteiger partial charge in [-0.25, -0.2) is 88.3 Å². The Hall–Kier alpha value is -9.22. The third-order valence-corrected chi connectivity index (χ3v) is 28.0. The summed E-state index contributed by atoms with van der Waals surface area (Å²) in [4.78, 5) is 0. The van der Waals surface area contributed by atoms with E-state index in [-0.39, 0.29) is 82.1 Å². The Labute approximate surface area is 901 Å². The van der Waals surface area contributed by atoms with Crippen LogP contribution in [0.2, 0.25) is 0 Å². The fourth-order valence-electron chi connectivity index (χ4n) is 11.1. The van der Waals surface area contributed by atoms with Crippen molar-refractivity contribution >= 4 is 84.0 Å². The zero-order valence-electron chi connectivity index (χ0n) is 95.2. The maximum absolute atomic E-state index is 11.5. The van der Waals surface area contributed by atoms with Gasteiger partial charge in [-0.1, -0.05) is 196 Å². The Bertz CT molecular complexity index is 5640. The van der Waals surface area contributed by atoms with Crippen LogP contribution in [0, 0.1) is 24.7 Å². The van der Waals surface area contributed by atoms with Crippen LogP contribution in [0.3, 0.4) is 0 Å². The quantitative estimate of drug-likeness (QED) is 0.0158. The van der Waals surface area contributed by atoms with E-state index in [9.17, 15) is 65.8 Å².